The first-order valence-electron chi connectivity index (χ1n) is 13.5. The lowest BCUT2D eigenvalue weighted by atomic mass is 9.90. The first-order chi connectivity index (χ1) is 17.7. The molecule has 0 fully saturated rings. The fraction of sp³-hybridized carbons (Fsp3) is 0.633. The maximum absolute atomic E-state index is 12.6. The Labute approximate surface area is 221 Å². The molecule has 3 heterocycles. The summed E-state index contributed by atoms with van der Waals surface area (Å²) < 4.78 is 17.4. The number of cyclic esters (lactones) is 1. The Kier molecular flexibility index (Phi) is 11.8. The SMILES string of the molecule is C=C1C[C@H](C)C[C@@H]2CC=C[C@@H](C/C=C\C(=O)O[C@H]([C@@H](O)/C=C/[C@@H]3CC(C)=CCO3)C[C@@H](O)C[C@@H](O)C1)O2. The molecule has 0 spiro atoms. The lowest BCUT2D eigenvalue weighted by molar-refractivity contribution is -0.149. The highest BCUT2D eigenvalue weighted by Crippen LogP contribution is 2.26. The molecule has 0 aromatic carbocycles. The summed E-state index contributed by atoms with van der Waals surface area (Å²) in [6, 6.07) is 0. The van der Waals surface area contributed by atoms with Crippen molar-refractivity contribution in [2.45, 2.75) is 108 Å². The molecule has 7 nitrogen and oxygen atoms in total. The molecule has 3 aliphatic heterocycles. The number of ether oxygens (including phenoxy) is 3. The Morgan fingerprint density at radius 3 is 2.68 bits per heavy atom. The van der Waals surface area contributed by atoms with Gasteiger partial charge in [-0.25, -0.2) is 4.79 Å². The molecule has 0 aliphatic carbocycles. The summed E-state index contributed by atoms with van der Waals surface area (Å²) in [7, 11) is 0. The third kappa shape index (κ3) is 10.7. The molecule has 8 atom stereocenters. The van der Waals surface area contributed by atoms with Crippen molar-refractivity contribution in [1.29, 1.82) is 0 Å². The number of carbonyl (C=O) groups is 1. The normalized spacial score (nSPS) is 36.8. The van der Waals surface area contributed by atoms with Gasteiger partial charge in [0, 0.05) is 12.5 Å². The number of hydrogen-bond acceptors (Lipinski definition) is 7. The van der Waals surface area contributed by atoms with Crippen LogP contribution >= 0.6 is 0 Å². The fourth-order valence-electron chi connectivity index (χ4n) is 5.22. The molecule has 0 aromatic rings. The van der Waals surface area contributed by atoms with Crippen LogP contribution < -0.4 is 0 Å². The summed E-state index contributed by atoms with van der Waals surface area (Å²) in [4.78, 5) is 12.6. The van der Waals surface area contributed by atoms with E-state index in [4.69, 9.17) is 14.2 Å². The van der Waals surface area contributed by atoms with Gasteiger partial charge in [-0.1, -0.05) is 61.1 Å². The molecule has 0 saturated carbocycles. The van der Waals surface area contributed by atoms with E-state index in [9.17, 15) is 20.1 Å². The second-order valence-corrected chi connectivity index (χ2v) is 10.9. The number of carbonyl (C=O) groups excluding carboxylic acids is 1. The highest BCUT2D eigenvalue weighted by Gasteiger charge is 2.27. The molecular formula is C30H44O7. The lowest BCUT2D eigenvalue weighted by Crippen LogP contribution is -2.34. The van der Waals surface area contributed by atoms with Crippen molar-refractivity contribution in [2.24, 2.45) is 5.92 Å². The van der Waals surface area contributed by atoms with Crippen LogP contribution in [0.2, 0.25) is 0 Å². The topological polar surface area (TPSA) is 105 Å². The van der Waals surface area contributed by atoms with Gasteiger partial charge in [0.1, 0.15) is 12.2 Å². The minimum atomic E-state index is -1.13. The van der Waals surface area contributed by atoms with E-state index in [2.05, 4.69) is 19.6 Å². The van der Waals surface area contributed by atoms with E-state index in [1.807, 2.05) is 19.1 Å². The number of aliphatic hydroxyl groups excluding tert-OH is 3. The molecule has 0 amide bonds. The Morgan fingerprint density at radius 1 is 1.08 bits per heavy atom. The van der Waals surface area contributed by atoms with Gasteiger partial charge in [0.05, 0.1) is 37.1 Å². The lowest BCUT2D eigenvalue weighted by Gasteiger charge is -2.28. The number of rotatable bonds is 3. The first-order valence-corrected chi connectivity index (χ1v) is 13.5. The van der Waals surface area contributed by atoms with Gasteiger partial charge in [-0.3, -0.25) is 0 Å². The summed E-state index contributed by atoms with van der Waals surface area (Å²) >= 11 is 0. The quantitative estimate of drug-likeness (QED) is 0.383. The zero-order valence-electron chi connectivity index (χ0n) is 22.2. The molecule has 0 saturated heterocycles. The molecule has 0 aromatic heterocycles. The average Bonchev–Trinajstić information content (AvgIpc) is 2.81. The van der Waals surface area contributed by atoms with E-state index in [0.29, 0.717) is 25.4 Å². The molecule has 0 unspecified atom stereocenters. The van der Waals surface area contributed by atoms with Gasteiger partial charge in [-0.15, -0.1) is 0 Å². The second kappa shape index (κ2) is 14.8. The van der Waals surface area contributed by atoms with E-state index in [1.165, 1.54) is 11.6 Å². The van der Waals surface area contributed by atoms with Crippen LogP contribution in [0.15, 0.2) is 60.3 Å². The fourth-order valence-corrected chi connectivity index (χ4v) is 5.22. The second-order valence-electron chi connectivity index (χ2n) is 10.9. The van der Waals surface area contributed by atoms with Crippen molar-refractivity contribution in [3.05, 3.63) is 60.3 Å². The molecule has 206 valence electrons. The predicted molar refractivity (Wildman–Crippen MR) is 143 cm³/mol. The smallest absolute Gasteiger partial charge is 0.330 e. The van der Waals surface area contributed by atoms with Crippen LogP contribution in [-0.2, 0) is 19.0 Å². The molecule has 2 bridgehead atoms. The van der Waals surface area contributed by atoms with Crippen molar-refractivity contribution in [2.75, 3.05) is 6.61 Å². The van der Waals surface area contributed by atoms with Crippen LogP contribution in [0, 0.1) is 5.92 Å². The molecular weight excluding hydrogens is 472 g/mol. The molecule has 7 heteroatoms. The molecule has 3 aliphatic rings. The summed E-state index contributed by atoms with van der Waals surface area (Å²) in [6.45, 7) is 8.85. The van der Waals surface area contributed by atoms with Gasteiger partial charge in [0.15, 0.2) is 0 Å². The van der Waals surface area contributed by atoms with E-state index < -0.39 is 30.4 Å². The molecule has 3 N–H and O–H groups in total. The predicted octanol–water partition coefficient (Wildman–Crippen LogP) is 4.09. The zero-order chi connectivity index (χ0) is 26.8. The van der Waals surface area contributed by atoms with Gasteiger partial charge in [0.25, 0.3) is 0 Å². The van der Waals surface area contributed by atoms with Crippen LogP contribution in [-0.4, -0.2) is 70.6 Å². The summed E-state index contributed by atoms with van der Waals surface area (Å²) in [5.74, 6) is -0.248. The van der Waals surface area contributed by atoms with Gasteiger partial charge in [-0.05, 0) is 57.8 Å². The summed E-state index contributed by atoms with van der Waals surface area (Å²) in [5, 5.41) is 32.1. The highest BCUT2D eigenvalue weighted by atomic mass is 16.6. The maximum Gasteiger partial charge on any atom is 0.330 e. The van der Waals surface area contributed by atoms with E-state index in [-0.39, 0.29) is 31.2 Å². The molecule has 3 rings (SSSR count). The highest BCUT2D eigenvalue weighted by molar-refractivity contribution is 5.82. The van der Waals surface area contributed by atoms with Gasteiger partial charge in [-0.2, -0.15) is 0 Å². The van der Waals surface area contributed by atoms with Crippen LogP contribution in [0.1, 0.15) is 65.2 Å². The van der Waals surface area contributed by atoms with Crippen LogP contribution in [0.5, 0.6) is 0 Å². The van der Waals surface area contributed by atoms with E-state index >= 15 is 0 Å². The van der Waals surface area contributed by atoms with Gasteiger partial charge in [0.2, 0.25) is 0 Å². The number of esters is 1. The van der Waals surface area contributed by atoms with E-state index in [1.54, 1.807) is 18.2 Å². The van der Waals surface area contributed by atoms with Crippen molar-refractivity contribution < 1.29 is 34.3 Å². The van der Waals surface area contributed by atoms with Crippen LogP contribution in [0.25, 0.3) is 0 Å². The number of aliphatic hydroxyl groups is 3. The number of hydrogen-bond donors (Lipinski definition) is 3. The maximum atomic E-state index is 12.6. The zero-order valence-corrected chi connectivity index (χ0v) is 22.2. The first kappa shape index (κ1) is 29.5. The Morgan fingerprint density at radius 2 is 1.89 bits per heavy atom. The number of fused-ring (bicyclic) bond motifs is 2. The molecule has 37 heavy (non-hydrogen) atoms. The van der Waals surface area contributed by atoms with Crippen molar-refractivity contribution in [1.82, 2.24) is 0 Å². The molecule has 0 radical (unpaired) electrons. The third-order valence-electron chi connectivity index (χ3n) is 7.05. The minimum absolute atomic E-state index is 0.00830. The van der Waals surface area contributed by atoms with Crippen molar-refractivity contribution in [3.8, 4) is 0 Å². The van der Waals surface area contributed by atoms with E-state index in [0.717, 1.165) is 31.3 Å². The monoisotopic (exact) mass is 516 g/mol. The van der Waals surface area contributed by atoms with Crippen LogP contribution in [0.4, 0.5) is 0 Å². The average molecular weight is 517 g/mol. The Balaban J connectivity index is 1.71. The van der Waals surface area contributed by atoms with Gasteiger partial charge < -0.3 is 29.5 Å². The third-order valence-corrected chi connectivity index (χ3v) is 7.05. The minimum Gasteiger partial charge on any atom is -0.456 e. The van der Waals surface area contributed by atoms with Crippen molar-refractivity contribution in [3.63, 3.8) is 0 Å². The summed E-state index contributed by atoms with van der Waals surface area (Å²) in [5.41, 5.74) is 2.15. The Hall–Kier alpha value is -2.03. The Bertz CT molecular complexity index is 873. The standard InChI is InChI=1S/C30H44O7/c1-20-12-13-35-26(16-20)10-11-28(33)29-19-24(32)18-23(31)15-21(2)14-22(3)17-27-8-4-6-25(36-27)7-5-9-30(34)37-29/h4-6,9-12,22-29,31-33H,2,7-8,13-19H2,1,3H3/b9-5-,11-10+/t22-,23-,24-,25-,26+,27-,28-,29-/m0/s1. The summed E-state index contributed by atoms with van der Waals surface area (Å²) in [6.07, 6.45) is 12.8. The van der Waals surface area contributed by atoms with Crippen LogP contribution in [0.3, 0.4) is 0 Å². The van der Waals surface area contributed by atoms with Crippen molar-refractivity contribution >= 4 is 5.97 Å². The largest absolute Gasteiger partial charge is 0.456 e. The van der Waals surface area contributed by atoms with Gasteiger partial charge >= 0.3 is 5.97 Å².